The van der Waals surface area contributed by atoms with Crippen LogP contribution in [0.25, 0.3) is 11.3 Å². The van der Waals surface area contributed by atoms with Crippen molar-refractivity contribution in [3.63, 3.8) is 0 Å². The summed E-state index contributed by atoms with van der Waals surface area (Å²) in [6.07, 6.45) is -5.00. The Balaban J connectivity index is 1.50. The lowest BCUT2D eigenvalue weighted by molar-refractivity contribution is -0.198. The van der Waals surface area contributed by atoms with Crippen LogP contribution in [0.3, 0.4) is 0 Å². The lowest BCUT2D eigenvalue weighted by atomic mass is 10.0. The maximum atomic E-state index is 14.0. The van der Waals surface area contributed by atoms with Crippen molar-refractivity contribution in [2.75, 3.05) is 7.11 Å². The molecule has 0 amide bonds. The van der Waals surface area contributed by atoms with Gasteiger partial charge in [-0.25, -0.2) is 9.97 Å². The summed E-state index contributed by atoms with van der Waals surface area (Å²) in [6.45, 7) is 1.92. The number of ether oxygens (including phenoxy) is 3. The van der Waals surface area contributed by atoms with E-state index in [0.717, 1.165) is 17.5 Å². The van der Waals surface area contributed by atoms with Gasteiger partial charge in [-0.05, 0) is 55.3 Å². The van der Waals surface area contributed by atoms with Gasteiger partial charge < -0.3 is 19.9 Å². The molecule has 2 N–H and O–H groups in total. The van der Waals surface area contributed by atoms with Gasteiger partial charge in [0.1, 0.15) is 23.6 Å². The zero-order chi connectivity index (χ0) is 26.4. The summed E-state index contributed by atoms with van der Waals surface area (Å²) in [5.41, 5.74) is 7.98. The molecule has 0 aliphatic rings. The highest BCUT2D eigenvalue weighted by molar-refractivity contribution is 5.60. The Morgan fingerprint density at radius 3 is 2.00 bits per heavy atom. The molecule has 9 heteroatoms. The summed E-state index contributed by atoms with van der Waals surface area (Å²) in [4.78, 5) is 8.09. The molecule has 192 valence electrons. The molecule has 6 nitrogen and oxygen atoms in total. The van der Waals surface area contributed by atoms with Gasteiger partial charge in [0, 0.05) is 23.2 Å². The molecule has 1 aromatic heterocycles. The van der Waals surface area contributed by atoms with Crippen molar-refractivity contribution in [1.82, 2.24) is 9.97 Å². The van der Waals surface area contributed by atoms with E-state index in [9.17, 15) is 13.2 Å². The number of nitrogens with two attached hydrogens (primary N) is 1. The normalized spacial score (nSPS) is 13.0. The molecular weight excluding hydrogens is 483 g/mol. The minimum Gasteiger partial charge on any atom is -0.497 e. The van der Waals surface area contributed by atoms with Gasteiger partial charge in [0.05, 0.1) is 12.8 Å². The molecule has 0 saturated carbocycles. The topological polar surface area (TPSA) is 79.5 Å². The minimum absolute atomic E-state index is 0.0206. The smallest absolute Gasteiger partial charge is 0.429 e. The number of alkyl halides is 3. The van der Waals surface area contributed by atoms with E-state index in [-0.39, 0.29) is 17.5 Å². The van der Waals surface area contributed by atoms with E-state index < -0.39 is 12.3 Å². The molecule has 0 spiro atoms. The Kier molecular flexibility index (Phi) is 7.93. The van der Waals surface area contributed by atoms with Crippen LogP contribution in [-0.2, 0) is 6.42 Å². The molecule has 0 aliphatic carbocycles. The summed E-state index contributed by atoms with van der Waals surface area (Å²) in [5.74, 6) is 1.38. The van der Waals surface area contributed by atoms with Gasteiger partial charge in [-0.3, -0.25) is 0 Å². The third-order valence-electron chi connectivity index (χ3n) is 5.46. The maximum absolute atomic E-state index is 14.0. The summed E-state index contributed by atoms with van der Waals surface area (Å²) in [6, 6.07) is 21.3. The van der Waals surface area contributed by atoms with E-state index in [4.69, 9.17) is 19.9 Å². The Hall–Kier alpha value is -4.11. The first-order valence-electron chi connectivity index (χ1n) is 11.5. The second-order valence-electron chi connectivity index (χ2n) is 8.51. The molecule has 3 aromatic carbocycles. The first-order valence-corrected chi connectivity index (χ1v) is 11.5. The number of methoxy groups -OCH3 is 1. The van der Waals surface area contributed by atoms with Crippen molar-refractivity contribution < 1.29 is 27.4 Å². The van der Waals surface area contributed by atoms with Gasteiger partial charge in [0.2, 0.25) is 12.0 Å². The quantitative estimate of drug-likeness (QED) is 0.277. The molecule has 1 heterocycles. The van der Waals surface area contributed by atoms with Gasteiger partial charge in [-0.15, -0.1) is 0 Å². The predicted octanol–water partition coefficient (Wildman–Crippen LogP) is 6.52. The van der Waals surface area contributed by atoms with E-state index in [0.29, 0.717) is 22.9 Å². The number of nitrogens with zero attached hydrogens (tertiary/aromatic N) is 2. The number of benzene rings is 3. The van der Waals surface area contributed by atoms with Crippen molar-refractivity contribution in [2.24, 2.45) is 5.73 Å². The van der Waals surface area contributed by atoms with Gasteiger partial charge in [-0.1, -0.05) is 36.4 Å². The van der Waals surface area contributed by atoms with Crippen LogP contribution < -0.4 is 19.9 Å². The molecule has 0 bridgehead atoms. The molecule has 37 heavy (non-hydrogen) atoms. The van der Waals surface area contributed by atoms with E-state index >= 15 is 0 Å². The molecular formula is C28H26F3N3O3. The third kappa shape index (κ3) is 6.98. The largest absolute Gasteiger partial charge is 0.497 e. The molecule has 0 aliphatic heterocycles. The zero-order valence-electron chi connectivity index (χ0n) is 20.3. The molecule has 2 atom stereocenters. The maximum Gasteiger partial charge on any atom is 0.429 e. The summed E-state index contributed by atoms with van der Waals surface area (Å²) >= 11 is 0. The number of aromatic nitrogens is 2. The van der Waals surface area contributed by atoms with Crippen LogP contribution in [0, 0.1) is 0 Å². The van der Waals surface area contributed by atoms with E-state index in [1.807, 2.05) is 31.2 Å². The van der Waals surface area contributed by atoms with Crippen LogP contribution in [0.2, 0.25) is 0 Å². The van der Waals surface area contributed by atoms with Crippen LogP contribution in [0.5, 0.6) is 23.1 Å². The average molecular weight is 510 g/mol. The highest BCUT2D eigenvalue weighted by atomic mass is 19.4. The van der Waals surface area contributed by atoms with E-state index in [1.54, 1.807) is 31.4 Å². The average Bonchev–Trinajstić information content (AvgIpc) is 2.88. The van der Waals surface area contributed by atoms with Crippen LogP contribution in [0.4, 0.5) is 13.2 Å². The first kappa shape index (κ1) is 26.0. The van der Waals surface area contributed by atoms with Crippen molar-refractivity contribution in [3.8, 4) is 34.4 Å². The molecule has 0 radical (unpaired) electrons. The number of rotatable bonds is 9. The Bertz CT molecular complexity index is 1290. The second-order valence-corrected chi connectivity index (χ2v) is 8.51. The Morgan fingerprint density at radius 2 is 1.43 bits per heavy atom. The van der Waals surface area contributed by atoms with Crippen molar-refractivity contribution in [2.45, 2.75) is 31.7 Å². The van der Waals surface area contributed by atoms with Crippen molar-refractivity contribution >= 4 is 0 Å². The van der Waals surface area contributed by atoms with Gasteiger partial charge in [0.25, 0.3) is 0 Å². The van der Waals surface area contributed by atoms with Crippen molar-refractivity contribution in [3.05, 3.63) is 96.3 Å². The fraction of sp³-hybridized carbons (Fsp3) is 0.214. The first-order chi connectivity index (χ1) is 17.7. The summed E-state index contributed by atoms with van der Waals surface area (Å²) < 4.78 is 58.0. The van der Waals surface area contributed by atoms with Crippen LogP contribution >= 0.6 is 0 Å². The number of hydrogen-bond acceptors (Lipinski definition) is 6. The monoisotopic (exact) mass is 509 g/mol. The summed E-state index contributed by atoms with van der Waals surface area (Å²) in [7, 11) is 1.55. The lowest BCUT2D eigenvalue weighted by Crippen LogP contribution is -2.26. The standard InChI is InChI=1S/C28H26F3N3O3/c1-18(32)15-19-3-5-20(6-4-19)25-16-26(34-17-33-25)37-27(28(29,30)31)21-7-9-23(10-8-21)36-24-13-11-22(35-2)12-14-24/h3-14,16-18,27H,15,32H2,1-2H3/t18-,27?/m0/s1. The molecule has 4 aromatic rings. The van der Waals surface area contributed by atoms with E-state index in [2.05, 4.69) is 9.97 Å². The molecule has 0 saturated heterocycles. The Morgan fingerprint density at radius 1 is 0.838 bits per heavy atom. The van der Waals surface area contributed by atoms with Gasteiger partial charge in [0.15, 0.2) is 0 Å². The second kappa shape index (κ2) is 11.3. The SMILES string of the molecule is COc1ccc(Oc2ccc(C(Oc3cc(-c4ccc(C[C@H](C)N)cc4)ncn3)C(F)(F)F)cc2)cc1. The van der Waals surface area contributed by atoms with Crippen LogP contribution in [0.15, 0.2) is 85.2 Å². The highest BCUT2D eigenvalue weighted by Crippen LogP contribution is 2.37. The van der Waals surface area contributed by atoms with E-state index in [1.165, 1.54) is 36.7 Å². The summed E-state index contributed by atoms with van der Waals surface area (Å²) in [5, 5.41) is 0. The third-order valence-corrected chi connectivity index (χ3v) is 5.46. The van der Waals surface area contributed by atoms with Gasteiger partial charge in [-0.2, -0.15) is 13.2 Å². The minimum atomic E-state index is -4.68. The number of halogens is 3. The molecule has 1 unspecified atom stereocenters. The molecule has 0 fully saturated rings. The lowest BCUT2D eigenvalue weighted by Gasteiger charge is -2.22. The number of hydrogen-bond donors (Lipinski definition) is 1. The fourth-order valence-corrected chi connectivity index (χ4v) is 3.68. The Labute approximate surface area is 212 Å². The molecule has 4 rings (SSSR count). The predicted molar refractivity (Wildman–Crippen MR) is 134 cm³/mol. The zero-order valence-corrected chi connectivity index (χ0v) is 20.3. The van der Waals surface area contributed by atoms with Crippen molar-refractivity contribution in [1.29, 1.82) is 0 Å². The fourth-order valence-electron chi connectivity index (χ4n) is 3.68. The van der Waals surface area contributed by atoms with Crippen LogP contribution in [-0.4, -0.2) is 29.3 Å². The van der Waals surface area contributed by atoms with Gasteiger partial charge >= 0.3 is 6.18 Å². The highest BCUT2D eigenvalue weighted by Gasteiger charge is 2.43. The van der Waals surface area contributed by atoms with Crippen LogP contribution in [0.1, 0.15) is 24.2 Å².